The molecule has 4 aliphatic rings. The zero-order valence-electron chi connectivity index (χ0n) is 17.4. The minimum atomic E-state index is 1.05. The number of allylic oxidation sites excluding steroid dienone is 1. The van der Waals surface area contributed by atoms with E-state index >= 15 is 0 Å². The van der Waals surface area contributed by atoms with Gasteiger partial charge < -0.3 is 5.32 Å². The van der Waals surface area contributed by atoms with Crippen molar-refractivity contribution in [2.45, 2.75) is 96.8 Å². The van der Waals surface area contributed by atoms with Crippen LogP contribution in [-0.4, -0.2) is 6.54 Å². The summed E-state index contributed by atoms with van der Waals surface area (Å²) in [5, 5.41) is 3.48. The van der Waals surface area contributed by atoms with E-state index in [0.29, 0.717) is 0 Å². The van der Waals surface area contributed by atoms with Crippen LogP contribution in [0.3, 0.4) is 0 Å². The molecule has 0 amide bonds. The topological polar surface area (TPSA) is 12.0 Å². The number of hydrogen-bond acceptors (Lipinski definition) is 1. The normalized spacial score (nSPS) is 41.8. The lowest BCUT2D eigenvalue weighted by molar-refractivity contribution is -0.0250. The second-order valence-electron chi connectivity index (χ2n) is 10.3. The standard InChI is InChI=1S/C25H43N/c1-3-17-26-18(2)7-6-9-20-11-13-23-22(20)15-16-24-21-10-5-4-8-19(21)12-14-25(23)24/h19-26H,2-17H2,1H3. The molecule has 1 heteroatoms. The van der Waals surface area contributed by atoms with Crippen LogP contribution in [0.5, 0.6) is 0 Å². The van der Waals surface area contributed by atoms with E-state index in [1.807, 2.05) is 0 Å². The number of fused-ring (bicyclic) bond motifs is 5. The zero-order valence-corrected chi connectivity index (χ0v) is 17.4. The molecule has 7 atom stereocenters. The minimum absolute atomic E-state index is 1.05. The first kappa shape index (κ1) is 18.9. The van der Waals surface area contributed by atoms with Crippen molar-refractivity contribution in [3.8, 4) is 0 Å². The van der Waals surface area contributed by atoms with Crippen LogP contribution in [-0.2, 0) is 0 Å². The highest BCUT2D eigenvalue weighted by Gasteiger charge is 2.50. The molecule has 1 nitrogen and oxygen atoms in total. The lowest BCUT2D eigenvalue weighted by atomic mass is 9.53. The summed E-state index contributed by atoms with van der Waals surface area (Å²) in [6.45, 7) is 7.55. The minimum Gasteiger partial charge on any atom is -0.389 e. The van der Waals surface area contributed by atoms with Gasteiger partial charge in [0.2, 0.25) is 0 Å². The molecule has 0 heterocycles. The second-order valence-corrected chi connectivity index (χ2v) is 10.3. The van der Waals surface area contributed by atoms with Crippen LogP contribution in [0.2, 0.25) is 0 Å². The summed E-state index contributed by atoms with van der Waals surface area (Å²) in [7, 11) is 0. The maximum atomic E-state index is 4.22. The monoisotopic (exact) mass is 357 g/mol. The Morgan fingerprint density at radius 2 is 1.50 bits per heavy atom. The lowest BCUT2D eigenvalue weighted by Gasteiger charge is -2.52. The van der Waals surface area contributed by atoms with Crippen LogP contribution < -0.4 is 5.32 Å². The summed E-state index contributed by atoms with van der Waals surface area (Å²) in [5.74, 6) is 7.77. The molecular weight excluding hydrogens is 314 g/mol. The van der Waals surface area contributed by atoms with E-state index in [9.17, 15) is 0 Å². The van der Waals surface area contributed by atoms with E-state index < -0.39 is 0 Å². The molecule has 0 radical (unpaired) electrons. The van der Waals surface area contributed by atoms with Crippen molar-refractivity contribution in [1.29, 1.82) is 0 Å². The lowest BCUT2D eigenvalue weighted by Crippen LogP contribution is -2.44. The highest BCUT2D eigenvalue weighted by Crippen LogP contribution is 2.59. The molecule has 4 fully saturated rings. The highest BCUT2D eigenvalue weighted by molar-refractivity contribution is 5.00. The van der Waals surface area contributed by atoms with Gasteiger partial charge in [0.15, 0.2) is 0 Å². The molecule has 4 rings (SSSR count). The Bertz CT molecular complexity index is 469. The highest BCUT2D eigenvalue weighted by atomic mass is 14.9. The van der Waals surface area contributed by atoms with Gasteiger partial charge in [-0.25, -0.2) is 0 Å². The Morgan fingerprint density at radius 3 is 2.38 bits per heavy atom. The molecule has 26 heavy (non-hydrogen) atoms. The van der Waals surface area contributed by atoms with Crippen molar-refractivity contribution in [2.24, 2.45) is 41.4 Å². The predicted octanol–water partition coefficient (Wildman–Crippen LogP) is 6.94. The van der Waals surface area contributed by atoms with Gasteiger partial charge in [0.1, 0.15) is 0 Å². The Hall–Kier alpha value is -0.460. The Morgan fingerprint density at radius 1 is 0.808 bits per heavy atom. The van der Waals surface area contributed by atoms with Gasteiger partial charge in [-0.1, -0.05) is 32.8 Å². The summed E-state index contributed by atoms with van der Waals surface area (Å²) >= 11 is 0. The van der Waals surface area contributed by atoms with E-state index in [2.05, 4.69) is 18.8 Å². The van der Waals surface area contributed by atoms with Gasteiger partial charge in [0, 0.05) is 12.2 Å². The van der Waals surface area contributed by atoms with Gasteiger partial charge >= 0.3 is 0 Å². The van der Waals surface area contributed by atoms with Crippen LogP contribution in [0, 0.1) is 41.4 Å². The SMILES string of the molecule is C=C(CCCC1CCC2C1CCC1C3CCCCC3CCC21)NCCC. The van der Waals surface area contributed by atoms with E-state index in [4.69, 9.17) is 0 Å². The first-order valence-electron chi connectivity index (χ1n) is 12.2. The van der Waals surface area contributed by atoms with Crippen molar-refractivity contribution in [3.63, 3.8) is 0 Å². The molecule has 1 N–H and O–H groups in total. The third-order valence-electron chi connectivity index (χ3n) is 9.03. The van der Waals surface area contributed by atoms with Gasteiger partial charge in [-0.3, -0.25) is 0 Å². The summed E-state index contributed by atoms with van der Waals surface area (Å²) in [4.78, 5) is 0. The smallest absolute Gasteiger partial charge is 0.0141 e. The molecule has 0 saturated heterocycles. The number of nitrogens with one attached hydrogen (secondary N) is 1. The average Bonchev–Trinajstić information content (AvgIpc) is 3.09. The van der Waals surface area contributed by atoms with Crippen molar-refractivity contribution in [2.75, 3.05) is 6.54 Å². The van der Waals surface area contributed by atoms with Crippen LogP contribution >= 0.6 is 0 Å². The van der Waals surface area contributed by atoms with Gasteiger partial charge in [-0.15, -0.1) is 0 Å². The van der Waals surface area contributed by atoms with Gasteiger partial charge in [-0.05, 0) is 112 Å². The first-order valence-corrected chi connectivity index (χ1v) is 12.2. The van der Waals surface area contributed by atoms with Crippen molar-refractivity contribution in [1.82, 2.24) is 5.32 Å². The number of hydrogen-bond donors (Lipinski definition) is 1. The average molecular weight is 358 g/mol. The summed E-state index contributed by atoms with van der Waals surface area (Å²) < 4.78 is 0. The Kier molecular flexibility index (Phi) is 6.32. The quantitative estimate of drug-likeness (QED) is 0.520. The van der Waals surface area contributed by atoms with Gasteiger partial charge in [0.05, 0.1) is 0 Å². The van der Waals surface area contributed by atoms with Crippen molar-refractivity contribution >= 4 is 0 Å². The van der Waals surface area contributed by atoms with Crippen LogP contribution in [0.1, 0.15) is 96.8 Å². The van der Waals surface area contributed by atoms with E-state index in [1.165, 1.54) is 44.2 Å². The molecule has 0 aliphatic heterocycles. The predicted molar refractivity (Wildman–Crippen MR) is 112 cm³/mol. The molecule has 0 aromatic carbocycles. The fourth-order valence-corrected chi connectivity index (χ4v) is 7.93. The molecule has 4 aliphatic carbocycles. The maximum absolute atomic E-state index is 4.22. The number of rotatable bonds is 7. The molecular formula is C25H43N. The summed E-state index contributed by atoms with van der Waals surface area (Å²) in [6.07, 6.45) is 20.9. The van der Waals surface area contributed by atoms with Crippen LogP contribution in [0.15, 0.2) is 12.3 Å². The van der Waals surface area contributed by atoms with E-state index in [-0.39, 0.29) is 0 Å². The van der Waals surface area contributed by atoms with Gasteiger partial charge in [0.25, 0.3) is 0 Å². The molecule has 0 spiro atoms. The van der Waals surface area contributed by atoms with Crippen LogP contribution in [0.25, 0.3) is 0 Å². The van der Waals surface area contributed by atoms with E-state index in [1.54, 1.807) is 51.4 Å². The molecule has 7 unspecified atom stereocenters. The third-order valence-corrected chi connectivity index (χ3v) is 9.03. The largest absolute Gasteiger partial charge is 0.389 e. The fraction of sp³-hybridized carbons (Fsp3) is 0.920. The van der Waals surface area contributed by atoms with Gasteiger partial charge in [-0.2, -0.15) is 0 Å². The Labute approximate surface area is 162 Å². The fourth-order valence-electron chi connectivity index (χ4n) is 7.93. The molecule has 0 aromatic heterocycles. The van der Waals surface area contributed by atoms with Crippen molar-refractivity contribution in [3.05, 3.63) is 12.3 Å². The summed E-state index contributed by atoms with van der Waals surface area (Å²) in [5.41, 5.74) is 1.28. The maximum Gasteiger partial charge on any atom is 0.0141 e. The molecule has 0 bridgehead atoms. The molecule has 148 valence electrons. The van der Waals surface area contributed by atoms with Crippen molar-refractivity contribution < 1.29 is 0 Å². The second kappa shape index (κ2) is 8.70. The Balaban J connectivity index is 1.28. The molecule has 4 saturated carbocycles. The summed E-state index contributed by atoms with van der Waals surface area (Å²) in [6, 6.07) is 0. The van der Waals surface area contributed by atoms with Crippen LogP contribution in [0.4, 0.5) is 0 Å². The first-order chi connectivity index (χ1) is 12.8. The third kappa shape index (κ3) is 3.88. The molecule has 0 aromatic rings. The zero-order chi connectivity index (χ0) is 17.9. The van der Waals surface area contributed by atoms with E-state index in [0.717, 1.165) is 48.0 Å².